The normalized spacial score (nSPS) is 13.9. The first kappa shape index (κ1) is 22.8. The number of amides is 1. The maximum absolute atomic E-state index is 12.3. The van der Waals surface area contributed by atoms with Gasteiger partial charge < -0.3 is 19.1 Å². The zero-order chi connectivity index (χ0) is 22.9. The Morgan fingerprint density at radius 2 is 1.91 bits per heavy atom. The summed E-state index contributed by atoms with van der Waals surface area (Å²) in [6.07, 6.45) is 1.66. The molecule has 0 unspecified atom stereocenters. The van der Waals surface area contributed by atoms with Crippen LogP contribution < -0.4 is 9.47 Å². The number of morpholine rings is 1. The van der Waals surface area contributed by atoms with Gasteiger partial charge in [-0.1, -0.05) is 6.07 Å². The van der Waals surface area contributed by atoms with Crippen LogP contribution in [0.15, 0.2) is 42.5 Å². The van der Waals surface area contributed by atoms with Crippen molar-refractivity contribution in [2.75, 3.05) is 39.5 Å². The van der Waals surface area contributed by atoms with Crippen LogP contribution in [-0.4, -0.2) is 55.2 Å². The summed E-state index contributed by atoms with van der Waals surface area (Å²) in [5.41, 5.74) is 1.55. The fraction of sp³-hybridized carbons (Fsp3) is 0.304. The van der Waals surface area contributed by atoms with Gasteiger partial charge in [-0.2, -0.15) is 5.26 Å². The maximum Gasteiger partial charge on any atom is 0.269 e. The summed E-state index contributed by atoms with van der Waals surface area (Å²) in [6, 6.07) is 13.1. The molecule has 1 amide bonds. The third-order valence-electron chi connectivity index (χ3n) is 4.80. The molecule has 2 aromatic carbocycles. The van der Waals surface area contributed by atoms with Gasteiger partial charge in [-0.25, -0.2) is 0 Å². The van der Waals surface area contributed by atoms with E-state index in [1.54, 1.807) is 29.2 Å². The molecule has 0 aromatic heterocycles. The van der Waals surface area contributed by atoms with Crippen LogP contribution >= 0.6 is 0 Å². The molecule has 166 valence electrons. The molecular weight excluding hydrogens is 414 g/mol. The van der Waals surface area contributed by atoms with Gasteiger partial charge in [-0.05, 0) is 48.4 Å². The minimum absolute atomic E-state index is 0.0437. The van der Waals surface area contributed by atoms with Crippen molar-refractivity contribution in [2.45, 2.75) is 6.92 Å². The van der Waals surface area contributed by atoms with Gasteiger partial charge in [0.25, 0.3) is 11.6 Å². The number of non-ortho nitro benzene ring substituents is 1. The minimum Gasteiger partial charge on any atom is -0.490 e. The molecule has 0 radical (unpaired) electrons. The summed E-state index contributed by atoms with van der Waals surface area (Å²) in [5, 5.41) is 20.4. The Labute approximate surface area is 185 Å². The van der Waals surface area contributed by atoms with Crippen LogP contribution in [0.3, 0.4) is 0 Å². The number of nitrogens with zero attached hydrogens (tertiary/aromatic N) is 3. The van der Waals surface area contributed by atoms with E-state index < -0.39 is 4.92 Å². The van der Waals surface area contributed by atoms with E-state index in [1.165, 1.54) is 24.3 Å². The lowest BCUT2D eigenvalue weighted by Gasteiger charge is -2.26. The third kappa shape index (κ3) is 5.83. The second kappa shape index (κ2) is 10.9. The highest BCUT2D eigenvalue weighted by molar-refractivity contribution is 5.90. The van der Waals surface area contributed by atoms with Crippen LogP contribution in [-0.2, 0) is 9.53 Å². The van der Waals surface area contributed by atoms with Crippen molar-refractivity contribution in [3.05, 3.63) is 63.7 Å². The topological polar surface area (TPSA) is 115 Å². The Bertz CT molecular complexity index is 1040. The zero-order valence-electron chi connectivity index (χ0n) is 17.7. The summed E-state index contributed by atoms with van der Waals surface area (Å²) in [5.74, 6) is 0.765. The van der Waals surface area contributed by atoms with Crippen molar-refractivity contribution in [3.63, 3.8) is 0 Å². The summed E-state index contributed by atoms with van der Waals surface area (Å²) < 4.78 is 16.6. The van der Waals surface area contributed by atoms with Gasteiger partial charge in [-0.15, -0.1) is 0 Å². The summed E-state index contributed by atoms with van der Waals surface area (Å²) in [4.78, 5) is 24.4. The van der Waals surface area contributed by atoms with Crippen molar-refractivity contribution >= 4 is 23.2 Å². The Balaban J connectivity index is 1.77. The molecule has 0 spiro atoms. The number of nitro benzene ring substituents is 1. The lowest BCUT2D eigenvalue weighted by atomic mass is 10.0. The highest BCUT2D eigenvalue weighted by Gasteiger charge is 2.18. The SMILES string of the molecule is CCOc1cc(/C=C(\C#N)c2ccc([N+](=O)[O-])cc2)ccc1OCC(=O)N1CCOCC1. The fourth-order valence-electron chi connectivity index (χ4n) is 3.16. The molecule has 1 heterocycles. The number of nitro groups is 1. The van der Waals surface area contributed by atoms with E-state index in [0.717, 1.165) is 0 Å². The molecule has 1 aliphatic heterocycles. The first-order valence-corrected chi connectivity index (χ1v) is 10.1. The largest absolute Gasteiger partial charge is 0.490 e. The molecule has 1 fully saturated rings. The van der Waals surface area contributed by atoms with Crippen molar-refractivity contribution in [3.8, 4) is 17.6 Å². The number of ether oxygens (including phenoxy) is 3. The van der Waals surface area contributed by atoms with Crippen molar-refractivity contribution < 1.29 is 23.9 Å². The van der Waals surface area contributed by atoms with Gasteiger partial charge in [0.15, 0.2) is 18.1 Å². The maximum atomic E-state index is 12.3. The highest BCUT2D eigenvalue weighted by atomic mass is 16.6. The van der Waals surface area contributed by atoms with Crippen molar-refractivity contribution in [1.29, 1.82) is 5.26 Å². The smallest absolute Gasteiger partial charge is 0.269 e. The molecule has 9 heteroatoms. The molecule has 0 atom stereocenters. The highest BCUT2D eigenvalue weighted by Crippen LogP contribution is 2.30. The molecule has 1 saturated heterocycles. The Hall–Kier alpha value is -3.90. The number of nitriles is 1. The van der Waals surface area contributed by atoms with Gasteiger partial charge in [-0.3, -0.25) is 14.9 Å². The van der Waals surface area contributed by atoms with Crippen LogP contribution in [0.4, 0.5) is 5.69 Å². The van der Waals surface area contributed by atoms with Crippen LogP contribution in [0.1, 0.15) is 18.1 Å². The van der Waals surface area contributed by atoms with Gasteiger partial charge in [0.2, 0.25) is 0 Å². The molecule has 2 aromatic rings. The second-order valence-corrected chi connectivity index (χ2v) is 6.89. The van der Waals surface area contributed by atoms with Crippen LogP contribution in [0.5, 0.6) is 11.5 Å². The third-order valence-corrected chi connectivity index (χ3v) is 4.80. The molecule has 9 nitrogen and oxygen atoms in total. The second-order valence-electron chi connectivity index (χ2n) is 6.89. The molecule has 0 aliphatic carbocycles. The van der Waals surface area contributed by atoms with Crippen LogP contribution in [0.2, 0.25) is 0 Å². The molecule has 0 bridgehead atoms. The van der Waals surface area contributed by atoms with E-state index in [9.17, 15) is 20.2 Å². The lowest BCUT2D eigenvalue weighted by molar-refractivity contribution is -0.384. The van der Waals surface area contributed by atoms with Gasteiger partial charge in [0.1, 0.15) is 0 Å². The molecule has 1 aliphatic rings. The van der Waals surface area contributed by atoms with E-state index >= 15 is 0 Å². The van der Waals surface area contributed by atoms with Gasteiger partial charge >= 0.3 is 0 Å². The van der Waals surface area contributed by atoms with E-state index in [2.05, 4.69) is 6.07 Å². The Morgan fingerprint density at radius 1 is 1.19 bits per heavy atom. The quantitative estimate of drug-likeness (QED) is 0.269. The standard InChI is InChI=1S/C23H23N3O6/c1-2-31-22-14-17(13-19(15-24)18-4-6-20(7-5-18)26(28)29)3-8-21(22)32-16-23(27)25-9-11-30-12-10-25/h3-8,13-14H,2,9-12,16H2,1H3/b19-13+. The molecular formula is C23H23N3O6. The average molecular weight is 437 g/mol. The number of allylic oxidation sites excluding steroid dienone is 1. The molecule has 0 N–H and O–H groups in total. The Morgan fingerprint density at radius 3 is 2.53 bits per heavy atom. The summed E-state index contributed by atoms with van der Waals surface area (Å²) >= 11 is 0. The lowest BCUT2D eigenvalue weighted by Crippen LogP contribution is -2.43. The Kier molecular flexibility index (Phi) is 7.78. The van der Waals surface area contributed by atoms with Crippen LogP contribution in [0, 0.1) is 21.4 Å². The predicted octanol–water partition coefficient (Wildman–Crippen LogP) is 3.30. The predicted molar refractivity (Wildman–Crippen MR) is 117 cm³/mol. The zero-order valence-corrected chi connectivity index (χ0v) is 17.7. The monoisotopic (exact) mass is 437 g/mol. The first-order valence-electron chi connectivity index (χ1n) is 10.1. The van der Waals surface area contributed by atoms with E-state index in [0.29, 0.717) is 61.1 Å². The number of carbonyl (C=O) groups excluding carboxylic acids is 1. The van der Waals surface area contributed by atoms with Crippen LogP contribution in [0.25, 0.3) is 11.6 Å². The van der Waals surface area contributed by atoms with E-state index in [-0.39, 0.29) is 18.2 Å². The summed E-state index contributed by atoms with van der Waals surface area (Å²) in [7, 11) is 0. The molecule has 0 saturated carbocycles. The number of carbonyl (C=O) groups is 1. The fourth-order valence-corrected chi connectivity index (χ4v) is 3.16. The number of hydrogen-bond donors (Lipinski definition) is 0. The first-order chi connectivity index (χ1) is 15.5. The van der Waals surface area contributed by atoms with Gasteiger partial charge in [0.05, 0.1) is 36.4 Å². The van der Waals surface area contributed by atoms with Crippen molar-refractivity contribution in [2.24, 2.45) is 0 Å². The van der Waals surface area contributed by atoms with Gasteiger partial charge in [0, 0.05) is 25.2 Å². The van der Waals surface area contributed by atoms with E-state index in [4.69, 9.17) is 14.2 Å². The molecule has 3 rings (SSSR count). The number of hydrogen-bond acceptors (Lipinski definition) is 7. The average Bonchev–Trinajstić information content (AvgIpc) is 2.82. The van der Waals surface area contributed by atoms with E-state index in [1.807, 2.05) is 6.92 Å². The number of rotatable bonds is 8. The molecule has 32 heavy (non-hydrogen) atoms. The number of benzene rings is 2. The van der Waals surface area contributed by atoms with Crippen molar-refractivity contribution in [1.82, 2.24) is 4.90 Å². The minimum atomic E-state index is -0.490. The summed E-state index contributed by atoms with van der Waals surface area (Å²) in [6.45, 7) is 4.26.